The number of aliphatic hydroxyl groups excluding tert-OH is 1. The van der Waals surface area contributed by atoms with E-state index < -0.39 is 0 Å². The maximum Gasteiger partial charge on any atom is 0.0499 e. The van der Waals surface area contributed by atoms with Gasteiger partial charge >= 0.3 is 0 Å². The largest absolute Gasteiger partial charge is 0.396 e. The Balaban J connectivity index is 1.77. The van der Waals surface area contributed by atoms with Crippen LogP contribution < -0.4 is 5.32 Å². The number of rotatable bonds is 4. The van der Waals surface area contributed by atoms with Crippen LogP contribution in [0, 0.1) is 11.3 Å². The third kappa shape index (κ3) is 2.98. The Kier molecular flexibility index (Phi) is 4.26. The molecule has 0 heterocycles. The Labute approximate surface area is 99.8 Å². The van der Waals surface area contributed by atoms with E-state index in [4.69, 9.17) is 0 Å². The molecule has 0 bridgehead atoms. The molecule has 2 saturated carbocycles. The average molecular weight is 225 g/mol. The Hall–Kier alpha value is -0.0800. The lowest BCUT2D eigenvalue weighted by molar-refractivity contribution is 0.120. The lowest BCUT2D eigenvalue weighted by atomic mass is 9.84. The van der Waals surface area contributed by atoms with Crippen LogP contribution >= 0.6 is 0 Å². The van der Waals surface area contributed by atoms with Crippen molar-refractivity contribution in [3.8, 4) is 0 Å². The highest BCUT2D eigenvalue weighted by atomic mass is 16.3. The number of aliphatic hydroxyl groups is 1. The molecule has 2 atom stereocenters. The molecule has 2 fully saturated rings. The number of hydrogen-bond donors (Lipinski definition) is 2. The normalized spacial score (nSPS) is 34.1. The van der Waals surface area contributed by atoms with Gasteiger partial charge in [0.25, 0.3) is 0 Å². The van der Waals surface area contributed by atoms with Crippen LogP contribution in [0.2, 0.25) is 0 Å². The second-order valence-electron chi connectivity index (χ2n) is 6.21. The van der Waals surface area contributed by atoms with E-state index in [-0.39, 0.29) is 5.41 Å². The third-order valence-corrected chi connectivity index (χ3v) is 4.70. The molecule has 2 unspecified atom stereocenters. The molecule has 0 aliphatic heterocycles. The van der Waals surface area contributed by atoms with Crippen LogP contribution in [0.1, 0.15) is 58.3 Å². The minimum atomic E-state index is 0.223. The van der Waals surface area contributed by atoms with Gasteiger partial charge in [0.1, 0.15) is 0 Å². The van der Waals surface area contributed by atoms with E-state index in [1.54, 1.807) is 0 Å². The molecule has 2 N–H and O–H groups in total. The van der Waals surface area contributed by atoms with Gasteiger partial charge in [-0.1, -0.05) is 32.6 Å². The van der Waals surface area contributed by atoms with E-state index in [0.717, 1.165) is 12.5 Å². The van der Waals surface area contributed by atoms with Gasteiger partial charge < -0.3 is 10.4 Å². The molecule has 2 rings (SSSR count). The quantitative estimate of drug-likeness (QED) is 0.771. The molecule has 0 aromatic rings. The predicted octanol–water partition coefficient (Wildman–Crippen LogP) is 2.71. The summed E-state index contributed by atoms with van der Waals surface area (Å²) < 4.78 is 0. The molecule has 0 spiro atoms. The van der Waals surface area contributed by atoms with Crippen molar-refractivity contribution in [3.63, 3.8) is 0 Å². The van der Waals surface area contributed by atoms with Crippen molar-refractivity contribution in [3.05, 3.63) is 0 Å². The Bertz CT molecular complexity index is 211. The van der Waals surface area contributed by atoms with E-state index in [9.17, 15) is 5.11 Å². The van der Waals surface area contributed by atoms with Gasteiger partial charge in [0.15, 0.2) is 0 Å². The van der Waals surface area contributed by atoms with E-state index in [1.807, 2.05) is 0 Å². The molecule has 2 aliphatic rings. The topological polar surface area (TPSA) is 32.3 Å². The number of nitrogens with one attached hydrogen (secondary N) is 1. The summed E-state index contributed by atoms with van der Waals surface area (Å²) in [6, 6.07) is 0.716. The first-order valence-electron chi connectivity index (χ1n) is 7.08. The molecule has 2 nitrogen and oxygen atoms in total. The van der Waals surface area contributed by atoms with Crippen molar-refractivity contribution < 1.29 is 5.11 Å². The van der Waals surface area contributed by atoms with Crippen LogP contribution in [-0.4, -0.2) is 24.3 Å². The molecular weight excluding hydrogens is 198 g/mol. The summed E-state index contributed by atoms with van der Waals surface area (Å²) in [6.07, 6.45) is 10.5. The van der Waals surface area contributed by atoms with E-state index in [0.29, 0.717) is 12.6 Å². The number of hydrogen-bond acceptors (Lipinski definition) is 2. The summed E-state index contributed by atoms with van der Waals surface area (Å²) in [4.78, 5) is 0. The second-order valence-corrected chi connectivity index (χ2v) is 6.21. The first-order chi connectivity index (χ1) is 7.74. The maximum absolute atomic E-state index is 9.56. The standard InChI is InChI=1S/C14H27NO/c1-12-5-4-6-13(9-12)15-10-14(11-16)7-2-3-8-14/h12-13,15-16H,2-11H2,1H3. The summed E-state index contributed by atoms with van der Waals surface area (Å²) in [5.41, 5.74) is 0.223. The van der Waals surface area contributed by atoms with Crippen LogP contribution in [0.3, 0.4) is 0 Å². The van der Waals surface area contributed by atoms with Gasteiger partial charge in [0, 0.05) is 24.6 Å². The van der Waals surface area contributed by atoms with Gasteiger partial charge in [-0.05, 0) is 31.6 Å². The van der Waals surface area contributed by atoms with Gasteiger partial charge in [0.05, 0.1) is 0 Å². The minimum Gasteiger partial charge on any atom is -0.396 e. The van der Waals surface area contributed by atoms with Crippen LogP contribution in [0.4, 0.5) is 0 Å². The molecule has 0 amide bonds. The smallest absolute Gasteiger partial charge is 0.0499 e. The predicted molar refractivity (Wildman–Crippen MR) is 67.4 cm³/mol. The highest BCUT2D eigenvalue weighted by molar-refractivity contribution is 4.88. The van der Waals surface area contributed by atoms with E-state index in [1.165, 1.54) is 51.4 Å². The molecule has 0 radical (unpaired) electrons. The van der Waals surface area contributed by atoms with Gasteiger partial charge in [0.2, 0.25) is 0 Å². The van der Waals surface area contributed by atoms with Crippen molar-refractivity contribution in [1.29, 1.82) is 0 Å². The zero-order valence-electron chi connectivity index (χ0n) is 10.7. The zero-order chi connectivity index (χ0) is 11.4. The first kappa shape index (κ1) is 12.4. The van der Waals surface area contributed by atoms with Crippen molar-refractivity contribution in [2.75, 3.05) is 13.2 Å². The summed E-state index contributed by atoms with van der Waals surface area (Å²) in [7, 11) is 0. The molecule has 0 aromatic carbocycles. The van der Waals surface area contributed by atoms with Gasteiger partial charge in [-0.15, -0.1) is 0 Å². The van der Waals surface area contributed by atoms with Crippen LogP contribution in [0.25, 0.3) is 0 Å². The fourth-order valence-electron chi connectivity index (χ4n) is 3.50. The lowest BCUT2D eigenvalue weighted by Gasteiger charge is -2.33. The van der Waals surface area contributed by atoms with Crippen molar-refractivity contribution >= 4 is 0 Å². The van der Waals surface area contributed by atoms with Crippen LogP contribution in [-0.2, 0) is 0 Å². The monoisotopic (exact) mass is 225 g/mol. The second kappa shape index (κ2) is 5.50. The van der Waals surface area contributed by atoms with Gasteiger partial charge in [-0.25, -0.2) is 0 Å². The molecule has 2 heteroatoms. The maximum atomic E-state index is 9.56. The highest BCUT2D eigenvalue weighted by Gasteiger charge is 2.33. The summed E-state index contributed by atoms with van der Waals surface area (Å²) in [5.74, 6) is 0.889. The molecule has 2 aliphatic carbocycles. The van der Waals surface area contributed by atoms with E-state index in [2.05, 4.69) is 12.2 Å². The zero-order valence-corrected chi connectivity index (χ0v) is 10.7. The molecule has 16 heavy (non-hydrogen) atoms. The molecule has 94 valence electrons. The van der Waals surface area contributed by atoms with Crippen LogP contribution in [0.15, 0.2) is 0 Å². The lowest BCUT2D eigenvalue weighted by Crippen LogP contribution is -2.42. The Morgan fingerprint density at radius 1 is 1.19 bits per heavy atom. The Morgan fingerprint density at radius 2 is 1.94 bits per heavy atom. The van der Waals surface area contributed by atoms with Crippen molar-refractivity contribution in [2.45, 2.75) is 64.3 Å². The average Bonchev–Trinajstić information content (AvgIpc) is 2.76. The summed E-state index contributed by atoms with van der Waals surface area (Å²) in [5, 5.41) is 13.3. The fraction of sp³-hybridized carbons (Fsp3) is 1.00. The van der Waals surface area contributed by atoms with Crippen molar-refractivity contribution in [1.82, 2.24) is 5.32 Å². The highest BCUT2D eigenvalue weighted by Crippen LogP contribution is 2.37. The third-order valence-electron chi connectivity index (χ3n) is 4.70. The van der Waals surface area contributed by atoms with E-state index >= 15 is 0 Å². The minimum absolute atomic E-state index is 0.223. The Morgan fingerprint density at radius 3 is 2.56 bits per heavy atom. The van der Waals surface area contributed by atoms with Gasteiger partial charge in [-0.3, -0.25) is 0 Å². The molecular formula is C14H27NO. The molecule has 0 aromatic heterocycles. The van der Waals surface area contributed by atoms with Gasteiger partial charge in [-0.2, -0.15) is 0 Å². The first-order valence-corrected chi connectivity index (χ1v) is 7.08. The SMILES string of the molecule is CC1CCCC(NCC2(CO)CCCC2)C1. The fourth-order valence-corrected chi connectivity index (χ4v) is 3.50. The van der Waals surface area contributed by atoms with Crippen LogP contribution in [0.5, 0.6) is 0 Å². The summed E-state index contributed by atoms with van der Waals surface area (Å²) in [6.45, 7) is 3.79. The molecule has 0 saturated heterocycles. The summed E-state index contributed by atoms with van der Waals surface area (Å²) >= 11 is 0. The van der Waals surface area contributed by atoms with Crippen molar-refractivity contribution in [2.24, 2.45) is 11.3 Å².